The lowest BCUT2D eigenvalue weighted by molar-refractivity contribution is -0.385. The van der Waals surface area contributed by atoms with Crippen LogP contribution in [0.3, 0.4) is 0 Å². The minimum absolute atomic E-state index is 0.0649. The van der Waals surface area contributed by atoms with E-state index in [0.29, 0.717) is 13.0 Å². The van der Waals surface area contributed by atoms with Gasteiger partial charge in [0.25, 0.3) is 0 Å². The molecule has 1 aromatic carbocycles. The van der Waals surface area contributed by atoms with Crippen molar-refractivity contribution >= 4 is 11.4 Å². The van der Waals surface area contributed by atoms with E-state index in [2.05, 4.69) is 0 Å². The molecule has 0 aromatic heterocycles. The van der Waals surface area contributed by atoms with Crippen LogP contribution < -0.4 is 9.64 Å². The van der Waals surface area contributed by atoms with Gasteiger partial charge in [-0.2, -0.15) is 5.26 Å². The lowest BCUT2D eigenvalue weighted by atomic mass is 10.2. The molecule has 0 radical (unpaired) electrons. The lowest BCUT2D eigenvalue weighted by Gasteiger charge is -2.18. The minimum Gasteiger partial charge on any atom is -0.490 e. The zero-order valence-electron chi connectivity index (χ0n) is 9.71. The number of hydrogen-bond donors (Lipinski definition) is 0. The molecule has 0 unspecified atom stereocenters. The Bertz CT molecular complexity index is 454. The van der Waals surface area contributed by atoms with E-state index in [4.69, 9.17) is 10.00 Å². The van der Waals surface area contributed by atoms with Gasteiger partial charge >= 0.3 is 5.69 Å². The Kier molecular flexibility index (Phi) is 4.29. The van der Waals surface area contributed by atoms with Crippen molar-refractivity contribution in [2.45, 2.75) is 6.42 Å². The van der Waals surface area contributed by atoms with E-state index in [1.165, 1.54) is 13.2 Å². The molecule has 0 saturated carbocycles. The van der Waals surface area contributed by atoms with Crippen molar-refractivity contribution in [3.05, 3.63) is 28.3 Å². The SMILES string of the molecule is COc1cc(N(C)CCC#N)ccc1[N+](=O)[O-]. The summed E-state index contributed by atoms with van der Waals surface area (Å²) in [6.45, 7) is 0.567. The molecule has 0 N–H and O–H groups in total. The highest BCUT2D eigenvalue weighted by Crippen LogP contribution is 2.30. The topological polar surface area (TPSA) is 79.4 Å². The Morgan fingerprint density at radius 3 is 2.82 bits per heavy atom. The standard InChI is InChI=1S/C11H13N3O3/c1-13(7-3-6-12)9-4-5-10(14(15)16)11(8-9)17-2/h4-5,8H,3,7H2,1-2H3. The molecular formula is C11H13N3O3. The van der Waals surface area contributed by atoms with Crippen LogP contribution in [0, 0.1) is 21.4 Å². The predicted octanol–water partition coefficient (Wildman–Crippen LogP) is 1.95. The van der Waals surface area contributed by atoms with E-state index in [1.54, 1.807) is 12.1 Å². The molecule has 0 amide bonds. The van der Waals surface area contributed by atoms with Crippen LogP contribution in [0.25, 0.3) is 0 Å². The number of rotatable bonds is 5. The first-order valence-corrected chi connectivity index (χ1v) is 5.00. The van der Waals surface area contributed by atoms with Crippen LogP contribution in [0.2, 0.25) is 0 Å². The fourth-order valence-electron chi connectivity index (χ4n) is 1.40. The number of anilines is 1. The molecule has 0 aliphatic rings. The summed E-state index contributed by atoms with van der Waals surface area (Å²) < 4.78 is 4.97. The van der Waals surface area contributed by atoms with Gasteiger partial charge in [0, 0.05) is 31.4 Å². The normalized spacial score (nSPS) is 9.47. The first kappa shape index (κ1) is 12.8. The summed E-state index contributed by atoms with van der Waals surface area (Å²) in [5.74, 6) is 0.219. The molecule has 0 fully saturated rings. The number of methoxy groups -OCH3 is 1. The maximum absolute atomic E-state index is 10.7. The van der Waals surface area contributed by atoms with E-state index in [9.17, 15) is 10.1 Å². The number of nitro groups is 1. The molecule has 0 atom stereocenters. The molecule has 0 spiro atoms. The van der Waals surface area contributed by atoms with Crippen LogP contribution in [-0.4, -0.2) is 25.6 Å². The Labute approximate surface area is 99.2 Å². The maximum Gasteiger partial charge on any atom is 0.311 e. The smallest absolute Gasteiger partial charge is 0.311 e. The number of benzene rings is 1. The van der Waals surface area contributed by atoms with E-state index < -0.39 is 4.92 Å². The van der Waals surface area contributed by atoms with Gasteiger partial charge in [0.15, 0.2) is 5.75 Å². The third-order valence-electron chi connectivity index (χ3n) is 2.36. The number of hydrogen-bond acceptors (Lipinski definition) is 5. The third-order valence-corrected chi connectivity index (χ3v) is 2.36. The van der Waals surface area contributed by atoms with Crippen LogP contribution in [0.5, 0.6) is 5.75 Å². The van der Waals surface area contributed by atoms with Gasteiger partial charge in [0.05, 0.1) is 24.5 Å². The van der Waals surface area contributed by atoms with E-state index in [-0.39, 0.29) is 11.4 Å². The monoisotopic (exact) mass is 235 g/mol. The van der Waals surface area contributed by atoms with Crippen molar-refractivity contribution in [3.63, 3.8) is 0 Å². The third kappa shape index (κ3) is 3.08. The zero-order chi connectivity index (χ0) is 12.8. The lowest BCUT2D eigenvalue weighted by Crippen LogP contribution is -2.18. The largest absolute Gasteiger partial charge is 0.490 e. The highest BCUT2D eigenvalue weighted by atomic mass is 16.6. The van der Waals surface area contributed by atoms with Crippen LogP contribution in [0.4, 0.5) is 11.4 Å². The van der Waals surface area contributed by atoms with Crippen molar-refractivity contribution in [1.82, 2.24) is 0 Å². The van der Waals surface area contributed by atoms with Gasteiger partial charge in [-0.25, -0.2) is 0 Å². The highest BCUT2D eigenvalue weighted by Gasteiger charge is 2.15. The first-order chi connectivity index (χ1) is 8.10. The Morgan fingerprint density at radius 2 is 2.29 bits per heavy atom. The van der Waals surface area contributed by atoms with Crippen LogP contribution >= 0.6 is 0 Å². The number of nitrogens with zero attached hydrogens (tertiary/aromatic N) is 3. The van der Waals surface area contributed by atoms with Crippen molar-refractivity contribution in [2.24, 2.45) is 0 Å². The van der Waals surface area contributed by atoms with Crippen molar-refractivity contribution in [2.75, 3.05) is 25.6 Å². The quantitative estimate of drug-likeness (QED) is 0.575. The van der Waals surface area contributed by atoms with Gasteiger partial charge in [-0.05, 0) is 6.07 Å². The van der Waals surface area contributed by atoms with Crippen LogP contribution in [0.1, 0.15) is 6.42 Å². The molecule has 0 aliphatic carbocycles. The highest BCUT2D eigenvalue weighted by molar-refractivity contribution is 5.58. The molecule has 6 heteroatoms. The predicted molar refractivity (Wildman–Crippen MR) is 63.1 cm³/mol. The van der Waals surface area contributed by atoms with E-state index in [1.807, 2.05) is 18.0 Å². The summed E-state index contributed by atoms with van der Waals surface area (Å²) in [5, 5.41) is 19.2. The van der Waals surface area contributed by atoms with Gasteiger partial charge in [0.1, 0.15) is 0 Å². The van der Waals surface area contributed by atoms with Gasteiger partial charge in [-0.1, -0.05) is 0 Å². The molecule has 0 bridgehead atoms. The average Bonchev–Trinajstić information content (AvgIpc) is 2.34. The molecule has 90 valence electrons. The summed E-state index contributed by atoms with van der Waals surface area (Å²) in [4.78, 5) is 12.1. The molecule has 0 saturated heterocycles. The molecular weight excluding hydrogens is 222 g/mol. The second-order valence-corrected chi connectivity index (χ2v) is 3.44. The second-order valence-electron chi connectivity index (χ2n) is 3.44. The number of nitro benzene ring substituents is 1. The van der Waals surface area contributed by atoms with Crippen molar-refractivity contribution < 1.29 is 9.66 Å². The van der Waals surface area contributed by atoms with E-state index in [0.717, 1.165) is 5.69 Å². The molecule has 0 heterocycles. The molecule has 1 rings (SSSR count). The Balaban J connectivity index is 2.97. The summed E-state index contributed by atoms with van der Waals surface area (Å²) in [7, 11) is 3.21. The summed E-state index contributed by atoms with van der Waals surface area (Å²) >= 11 is 0. The Hall–Kier alpha value is -2.29. The summed E-state index contributed by atoms with van der Waals surface area (Å²) in [6, 6.07) is 6.67. The first-order valence-electron chi connectivity index (χ1n) is 5.00. The van der Waals surface area contributed by atoms with Gasteiger partial charge < -0.3 is 9.64 Å². The van der Waals surface area contributed by atoms with Crippen LogP contribution in [0.15, 0.2) is 18.2 Å². The van der Waals surface area contributed by atoms with Gasteiger partial charge in [0.2, 0.25) is 0 Å². The number of nitriles is 1. The van der Waals surface area contributed by atoms with Crippen molar-refractivity contribution in [1.29, 1.82) is 5.26 Å². The van der Waals surface area contributed by atoms with Crippen molar-refractivity contribution in [3.8, 4) is 11.8 Å². The Morgan fingerprint density at radius 1 is 1.59 bits per heavy atom. The molecule has 1 aromatic rings. The molecule has 0 aliphatic heterocycles. The van der Waals surface area contributed by atoms with Gasteiger partial charge in [-0.15, -0.1) is 0 Å². The number of ether oxygens (including phenoxy) is 1. The fourth-order valence-corrected chi connectivity index (χ4v) is 1.40. The minimum atomic E-state index is -0.488. The second kappa shape index (κ2) is 5.70. The van der Waals surface area contributed by atoms with Gasteiger partial charge in [-0.3, -0.25) is 10.1 Å². The summed E-state index contributed by atoms with van der Waals surface area (Å²) in [6.07, 6.45) is 0.399. The molecule has 6 nitrogen and oxygen atoms in total. The fraction of sp³-hybridized carbons (Fsp3) is 0.364. The maximum atomic E-state index is 10.7. The average molecular weight is 235 g/mol. The van der Waals surface area contributed by atoms with E-state index >= 15 is 0 Å². The van der Waals surface area contributed by atoms with Crippen LogP contribution in [-0.2, 0) is 0 Å². The molecule has 17 heavy (non-hydrogen) atoms. The zero-order valence-corrected chi connectivity index (χ0v) is 9.71. The summed E-state index contributed by atoms with van der Waals surface area (Å²) in [5.41, 5.74) is 0.715.